The summed E-state index contributed by atoms with van der Waals surface area (Å²) in [6.07, 6.45) is -0.645. The van der Waals surface area contributed by atoms with Gasteiger partial charge in [-0.25, -0.2) is 9.18 Å². The van der Waals surface area contributed by atoms with E-state index < -0.39 is 24.5 Å². The first-order valence-corrected chi connectivity index (χ1v) is 5.79. The van der Waals surface area contributed by atoms with Crippen LogP contribution in [0.1, 0.15) is 27.2 Å². The van der Waals surface area contributed by atoms with Gasteiger partial charge in [-0.3, -0.25) is 0 Å². The Morgan fingerprint density at radius 1 is 1.53 bits per heavy atom. The van der Waals surface area contributed by atoms with Gasteiger partial charge in [-0.05, 0) is 27.2 Å². The summed E-state index contributed by atoms with van der Waals surface area (Å²) in [5, 5.41) is 14.7. The number of hydrogen-bond donors (Lipinski definition) is 3. The van der Waals surface area contributed by atoms with Gasteiger partial charge < -0.3 is 20.5 Å². The van der Waals surface area contributed by atoms with Crippen LogP contribution in [0.4, 0.5) is 9.18 Å². The number of halogens is 1. The van der Waals surface area contributed by atoms with Gasteiger partial charge in [-0.1, -0.05) is 0 Å². The minimum absolute atomic E-state index is 0.0108. The number of alkyl halides is 1. The van der Waals surface area contributed by atoms with E-state index in [-0.39, 0.29) is 18.6 Å². The molecular weight excluding hydrogens is 227 g/mol. The maximum atomic E-state index is 12.0. The first kappa shape index (κ1) is 14.2. The van der Waals surface area contributed by atoms with Crippen molar-refractivity contribution in [3.63, 3.8) is 0 Å². The van der Waals surface area contributed by atoms with Crippen molar-refractivity contribution in [3.05, 3.63) is 0 Å². The Bertz CT molecular complexity index is 268. The summed E-state index contributed by atoms with van der Waals surface area (Å²) in [7, 11) is 0. The minimum Gasteiger partial charge on any atom is -0.444 e. The molecule has 0 aromatic carbocycles. The second kappa shape index (κ2) is 5.64. The molecule has 3 atom stereocenters. The number of rotatable bonds is 5. The average Bonchev–Trinajstić information content (AvgIpc) is 2.89. The van der Waals surface area contributed by atoms with Crippen LogP contribution < -0.4 is 10.6 Å². The SMILES string of the molecule is CC(C)(C)OC(=O)NC1CC1NCC(O)CF. The van der Waals surface area contributed by atoms with Gasteiger partial charge in [0.25, 0.3) is 0 Å². The molecule has 0 aromatic heterocycles. The number of alkyl carbamates (subject to hydrolysis) is 1. The summed E-state index contributed by atoms with van der Waals surface area (Å²) in [5.41, 5.74) is -0.508. The quantitative estimate of drug-likeness (QED) is 0.665. The number of amides is 1. The summed E-state index contributed by atoms with van der Waals surface area (Å²) in [5.74, 6) is 0. The molecule has 1 aliphatic rings. The summed E-state index contributed by atoms with van der Waals surface area (Å²) in [6.45, 7) is 4.84. The number of aliphatic hydroxyl groups excluding tert-OH is 1. The smallest absolute Gasteiger partial charge is 0.407 e. The van der Waals surface area contributed by atoms with E-state index in [9.17, 15) is 9.18 Å². The zero-order chi connectivity index (χ0) is 13.1. The highest BCUT2D eigenvalue weighted by atomic mass is 19.1. The van der Waals surface area contributed by atoms with Crippen LogP contribution in [0.25, 0.3) is 0 Å². The number of carbonyl (C=O) groups excluding carboxylic acids is 1. The number of ether oxygens (including phenoxy) is 1. The third-order valence-corrected chi connectivity index (χ3v) is 2.29. The maximum absolute atomic E-state index is 12.0. The largest absolute Gasteiger partial charge is 0.444 e. The Balaban J connectivity index is 2.13. The molecule has 100 valence electrons. The highest BCUT2D eigenvalue weighted by molar-refractivity contribution is 5.68. The minimum atomic E-state index is -0.974. The molecule has 1 amide bonds. The van der Waals surface area contributed by atoms with Gasteiger partial charge >= 0.3 is 6.09 Å². The van der Waals surface area contributed by atoms with Crippen LogP contribution >= 0.6 is 0 Å². The van der Waals surface area contributed by atoms with E-state index in [4.69, 9.17) is 9.84 Å². The standard InChI is InChI=1S/C11H21FN2O3/c1-11(2,3)17-10(16)14-9-4-8(9)13-6-7(15)5-12/h7-9,13,15H,4-6H2,1-3H3,(H,14,16). The average molecular weight is 248 g/mol. The topological polar surface area (TPSA) is 70.6 Å². The molecular formula is C11H21FN2O3. The number of carbonyl (C=O) groups is 1. The van der Waals surface area contributed by atoms with Crippen LogP contribution in [0, 0.1) is 0 Å². The van der Waals surface area contributed by atoms with Crippen molar-refractivity contribution in [2.24, 2.45) is 0 Å². The summed E-state index contributed by atoms with van der Waals surface area (Å²) in [6, 6.07) is 0.111. The predicted molar refractivity (Wildman–Crippen MR) is 61.5 cm³/mol. The molecule has 17 heavy (non-hydrogen) atoms. The lowest BCUT2D eigenvalue weighted by molar-refractivity contribution is 0.0521. The molecule has 3 N–H and O–H groups in total. The van der Waals surface area contributed by atoms with Crippen molar-refractivity contribution in [1.29, 1.82) is 0 Å². The molecule has 1 aliphatic carbocycles. The van der Waals surface area contributed by atoms with Gasteiger partial charge in [-0.15, -0.1) is 0 Å². The molecule has 1 saturated carbocycles. The van der Waals surface area contributed by atoms with Crippen molar-refractivity contribution >= 4 is 6.09 Å². The highest BCUT2D eigenvalue weighted by Crippen LogP contribution is 2.21. The Morgan fingerprint density at radius 2 is 2.18 bits per heavy atom. The van der Waals surface area contributed by atoms with Crippen molar-refractivity contribution in [3.8, 4) is 0 Å². The van der Waals surface area contributed by atoms with Gasteiger partial charge in [0.15, 0.2) is 0 Å². The van der Waals surface area contributed by atoms with Gasteiger partial charge in [0.1, 0.15) is 12.3 Å². The summed E-state index contributed by atoms with van der Waals surface area (Å²) in [4.78, 5) is 11.4. The Labute approximate surface area is 101 Å². The van der Waals surface area contributed by atoms with Crippen molar-refractivity contribution in [2.45, 2.75) is 51.0 Å². The third kappa shape index (κ3) is 5.83. The van der Waals surface area contributed by atoms with E-state index in [0.29, 0.717) is 0 Å². The van der Waals surface area contributed by atoms with E-state index in [1.54, 1.807) is 20.8 Å². The predicted octanol–water partition coefficient (Wildman–Crippen LogP) is 0.572. The first-order chi connectivity index (χ1) is 7.81. The molecule has 0 radical (unpaired) electrons. The first-order valence-electron chi connectivity index (χ1n) is 5.79. The van der Waals surface area contributed by atoms with Crippen molar-refractivity contribution in [1.82, 2.24) is 10.6 Å². The fourth-order valence-electron chi connectivity index (χ4n) is 1.38. The zero-order valence-electron chi connectivity index (χ0n) is 10.5. The lowest BCUT2D eigenvalue weighted by Crippen LogP contribution is -2.38. The third-order valence-electron chi connectivity index (χ3n) is 2.29. The zero-order valence-corrected chi connectivity index (χ0v) is 10.5. The van der Waals surface area contributed by atoms with Gasteiger partial charge in [0.05, 0.1) is 6.10 Å². The molecule has 6 heteroatoms. The Kier molecular flexibility index (Phi) is 4.70. The van der Waals surface area contributed by atoms with E-state index >= 15 is 0 Å². The molecule has 0 aromatic rings. The lowest BCUT2D eigenvalue weighted by atomic mass is 10.2. The molecule has 5 nitrogen and oxygen atoms in total. The summed E-state index contributed by atoms with van der Waals surface area (Å²) < 4.78 is 17.1. The Morgan fingerprint density at radius 3 is 2.71 bits per heavy atom. The maximum Gasteiger partial charge on any atom is 0.407 e. The van der Waals surface area contributed by atoms with Crippen LogP contribution in [-0.4, -0.2) is 48.2 Å². The second-order valence-electron chi connectivity index (χ2n) is 5.31. The molecule has 3 unspecified atom stereocenters. The molecule has 0 bridgehead atoms. The molecule has 0 spiro atoms. The van der Waals surface area contributed by atoms with Crippen LogP contribution in [0.2, 0.25) is 0 Å². The van der Waals surface area contributed by atoms with E-state index in [0.717, 1.165) is 6.42 Å². The molecule has 0 saturated heterocycles. The molecule has 0 aliphatic heterocycles. The second-order valence-corrected chi connectivity index (χ2v) is 5.31. The van der Waals surface area contributed by atoms with Crippen LogP contribution in [0.15, 0.2) is 0 Å². The van der Waals surface area contributed by atoms with Gasteiger partial charge in [0, 0.05) is 18.6 Å². The molecule has 1 fully saturated rings. The van der Waals surface area contributed by atoms with E-state index in [2.05, 4.69) is 10.6 Å². The fraction of sp³-hybridized carbons (Fsp3) is 0.909. The van der Waals surface area contributed by atoms with Crippen molar-refractivity contribution < 1.29 is 19.0 Å². The number of hydrogen-bond acceptors (Lipinski definition) is 4. The highest BCUT2D eigenvalue weighted by Gasteiger charge is 2.39. The van der Waals surface area contributed by atoms with Crippen molar-refractivity contribution in [2.75, 3.05) is 13.2 Å². The fourth-order valence-corrected chi connectivity index (χ4v) is 1.38. The monoisotopic (exact) mass is 248 g/mol. The van der Waals surface area contributed by atoms with Crippen LogP contribution in [-0.2, 0) is 4.74 Å². The van der Waals surface area contributed by atoms with Crippen LogP contribution in [0.3, 0.4) is 0 Å². The molecule has 1 rings (SSSR count). The van der Waals surface area contributed by atoms with E-state index in [1.807, 2.05) is 0 Å². The number of nitrogens with one attached hydrogen (secondary N) is 2. The van der Waals surface area contributed by atoms with Gasteiger partial charge in [-0.2, -0.15) is 0 Å². The Hall–Kier alpha value is -0.880. The van der Waals surface area contributed by atoms with E-state index in [1.165, 1.54) is 0 Å². The van der Waals surface area contributed by atoms with Gasteiger partial charge in [0.2, 0.25) is 0 Å². The lowest BCUT2D eigenvalue weighted by Gasteiger charge is -2.19. The van der Waals surface area contributed by atoms with Crippen LogP contribution in [0.5, 0.6) is 0 Å². The number of aliphatic hydroxyl groups is 1. The normalized spacial score (nSPS) is 25.2. The summed E-state index contributed by atoms with van der Waals surface area (Å²) >= 11 is 0. The molecule has 0 heterocycles.